The predicted molar refractivity (Wildman–Crippen MR) is 109 cm³/mol. The standard InChI is InChI=1S/C18H27ClN4O2.ClH/c1-11-9-13(7-8-20-11)21-16(24)14-10-12(5-6-15(14)19)22-17(25)23-18(2,3)4;/h5-6,10-11,13,20H,7-9H2,1-4H3,(H,21,24)(H2,22,23,25);1H. The molecule has 4 N–H and O–H groups in total. The lowest BCUT2D eigenvalue weighted by Gasteiger charge is -2.28. The van der Waals surface area contributed by atoms with E-state index in [2.05, 4.69) is 28.2 Å². The summed E-state index contributed by atoms with van der Waals surface area (Å²) in [5.74, 6) is -0.219. The predicted octanol–water partition coefficient (Wildman–Crippen LogP) is 3.55. The summed E-state index contributed by atoms with van der Waals surface area (Å²) in [7, 11) is 0. The molecule has 1 fully saturated rings. The molecule has 0 radical (unpaired) electrons. The third-order valence-corrected chi connectivity index (χ3v) is 4.25. The number of hydrogen-bond donors (Lipinski definition) is 4. The number of halogens is 2. The van der Waals surface area contributed by atoms with Gasteiger partial charge >= 0.3 is 6.03 Å². The molecule has 3 amide bonds. The molecule has 1 aliphatic heterocycles. The fourth-order valence-electron chi connectivity index (χ4n) is 2.81. The van der Waals surface area contributed by atoms with Gasteiger partial charge in [0.25, 0.3) is 5.91 Å². The molecule has 1 heterocycles. The second-order valence-electron chi connectivity index (χ2n) is 7.57. The van der Waals surface area contributed by atoms with E-state index in [4.69, 9.17) is 11.6 Å². The largest absolute Gasteiger partial charge is 0.349 e. The molecule has 1 aliphatic rings. The summed E-state index contributed by atoms with van der Waals surface area (Å²) >= 11 is 6.18. The number of carbonyl (C=O) groups excluding carboxylic acids is 2. The molecular formula is C18H28Cl2N4O2. The van der Waals surface area contributed by atoms with Gasteiger partial charge in [0.15, 0.2) is 0 Å². The van der Waals surface area contributed by atoms with Crippen LogP contribution in [0.3, 0.4) is 0 Å². The summed E-state index contributed by atoms with van der Waals surface area (Å²) in [6, 6.07) is 5.07. The highest BCUT2D eigenvalue weighted by Gasteiger charge is 2.22. The second kappa shape index (κ2) is 9.44. The van der Waals surface area contributed by atoms with Gasteiger partial charge in [0.05, 0.1) is 10.6 Å². The van der Waals surface area contributed by atoms with Crippen LogP contribution in [0.15, 0.2) is 18.2 Å². The Morgan fingerprint density at radius 1 is 1.27 bits per heavy atom. The van der Waals surface area contributed by atoms with E-state index in [1.807, 2.05) is 20.8 Å². The molecule has 146 valence electrons. The zero-order valence-corrected chi connectivity index (χ0v) is 17.2. The van der Waals surface area contributed by atoms with E-state index in [1.54, 1.807) is 18.2 Å². The van der Waals surface area contributed by atoms with E-state index in [1.165, 1.54) is 0 Å². The zero-order valence-electron chi connectivity index (χ0n) is 15.6. The van der Waals surface area contributed by atoms with E-state index in [-0.39, 0.29) is 35.9 Å². The topological polar surface area (TPSA) is 82.3 Å². The van der Waals surface area contributed by atoms with Gasteiger partial charge in [-0.05, 0) is 65.3 Å². The highest BCUT2D eigenvalue weighted by atomic mass is 35.5. The van der Waals surface area contributed by atoms with Gasteiger partial charge in [-0.1, -0.05) is 11.6 Å². The smallest absolute Gasteiger partial charge is 0.319 e. The van der Waals surface area contributed by atoms with Crippen molar-refractivity contribution in [3.8, 4) is 0 Å². The van der Waals surface area contributed by atoms with Gasteiger partial charge in [-0.2, -0.15) is 0 Å². The first-order valence-electron chi connectivity index (χ1n) is 8.57. The maximum Gasteiger partial charge on any atom is 0.319 e. The third kappa shape index (κ3) is 7.02. The Balaban J connectivity index is 0.00000338. The van der Waals surface area contributed by atoms with Crippen LogP contribution in [0.2, 0.25) is 5.02 Å². The van der Waals surface area contributed by atoms with Crippen molar-refractivity contribution in [3.63, 3.8) is 0 Å². The summed E-state index contributed by atoms with van der Waals surface area (Å²) in [5.41, 5.74) is 0.541. The molecule has 0 saturated carbocycles. The van der Waals surface area contributed by atoms with Crippen LogP contribution in [-0.2, 0) is 0 Å². The molecular weight excluding hydrogens is 375 g/mol. The molecule has 1 aromatic carbocycles. The lowest BCUT2D eigenvalue weighted by molar-refractivity contribution is 0.0926. The van der Waals surface area contributed by atoms with Gasteiger partial charge in [-0.15, -0.1) is 12.4 Å². The molecule has 26 heavy (non-hydrogen) atoms. The first kappa shape index (κ1) is 22.5. The summed E-state index contributed by atoms with van der Waals surface area (Å²) in [6.45, 7) is 8.67. The number of benzene rings is 1. The molecule has 0 spiro atoms. The van der Waals surface area contributed by atoms with Crippen molar-refractivity contribution in [1.29, 1.82) is 0 Å². The Kier molecular flexibility index (Phi) is 8.18. The van der Waals surface area contributed by atoms with Crippen LogP contribution in [0, 0.1) is 0 Å². The summed E-state index contributed by atoms with van der Waals surface area (Å²) < 4.78 is 0. The number of urea groups is 1. The molecule has 0 aliphatic carbocycles. The minimum atomic E-state index is -0.345. The van der Waals surface area contributed by atoms with Crippen molar-refractivity contribution >= 4 is 41.6 Å². The third-order valence-electron chi connectivity index (χ3n) is 3.92. The van der Waals surface area contributed by atoms with Crippen LogP contribution >= 0.6 is 24.0 Å². The number of piperidine rings is 1. The van der Waals surface area contributed by atoms with Crippen LogP contribution in [-0.4, -0.2) is 36.1 Å². The molecule has 8 heteroatoms. The van der Waals surface area contributed by atoms with E-state index < -0.39 is 0 Å². The van der Waals surface area contributed by atoms with Crippen LogP contribution in [0.4, 0.5) is 10.5 Å². The fourth-order valence-corrected chi connectivity index (χ4v) is 3.01. The van der Waals surface area contributed by atoms with Crippen molar-refractivity contribution < 1.29 is 9.59 Å². The fraction of sp³-hybridized carbons (Fsp3) is 0.556. The van der Waals surface area contributed by atoms with Crippen LogP contribution < -0.4 is 21.3 Å². The van der Waals surface area contributed by atoms with Gasteiger partial charge in [0.2, 0.25) is 0 Å². The molecule has 6 nitrogen and oxygen atoms in total. The summed E-state index contributed by atoms with van der Waals surface area (Å²) in [6.07, 6.45) is 1.77. The van der Waals surface area contributed by atoms with Gasteiger partial charge in [-0.3, -0.25) is 4.79 Å². The zero-order chi connectivity index (χ0) is 18.6. The normalized spacial score (nSPS) is 19.9. The van der Waals surface area contributed by atoms with E-state index >= 15 is 0 Å². The highest BCUT2D eigenvalue weighted by Crippen LogP contribution is 2.21. The first-order valence-corrected chi connectivity index (χ1v) is 8.95. The van der Waals surface area contributed by atoms with E-state index in [0.717, 1.165) is 19.4 Å². The minimum absolute atomic E-state index is 0. The van der Waals surface area contributed by atoms with Crippen LogP contribution in [0.5, 0.6) is 0 Å². The summed E-state index contributed by atoms with van der Waals surface area (Å²) in [4.78, 5) is 24.5. The number of carbonyl (C=O) groups is 2. The Hall–Kier alpha value is -1.50. The maximum atomic E-state index is 12.6. The van der Waals surface area contributed by atoms with Crippen LogP contribution in [0.1, 0.15) is 50.9 Å². The van der Waals surface area contributed by atoms with Gasteiger partial charge in [0, 0.05) is 23.3 Å². The lowest BCUT2D eigenvalue weighted by atomic mass is 10.00. The molecule has 0 aromatic heterocycles. The van der Waals surface area contributed by atoms with Crippen molar-refractivity contribution in [3.05, 3.63) is 28.8 Å². The molecule has 1 saturated heterocycles. The van der Waals surface area contributed by atoms with Crippen molar-refractivity contribution in [2.24, 2.45) is 0 Å². The number of amides is 3. The van der Waals surface area contributed by atoms with Crippen molar-refractivity contribution in [2.75, 3.05) is 11.9 Å². The monoisotopic (exact) mass is 402 g/mol. The quantitative estimate of drug-likeness (QED) is 0.623. The maximum absolute atomic E-state index is 12.6. The SMILES string of the molecule is CC1CC(NC(=O)c2cc(NC(=O)NC(C)(C)C)ccc2Cl)CCN1.Cl. The Morgan fingerprint density at radius 2 is 1.96 bits per heavy atom. The number of anilines is 1. The van der Waals surface area contributed by atoms with E-state index in [9.17, 15) is 9.59 Å². The molecule has 2 rings (SSSR count). The van der Waals surface area contributed by atoms with Gasteiger partial charge < -0.3 is 21.3 Å². The van der Waals surface area contributed by atoms with Crippen molar-refractivity contribution in [2.45, 2.75) is 58.2 Å². The molecule has 1 aromatic rings. The van der Waals surface area contributed by atoms with Gasteiger partial charge in [0.1, 0.15) is 0 Å². The average molecular weight is 403 g/mol. The lowest BCUT2D eigenvalue weighted by Crippen LogP contribution is -2.46. The Labute approximate surface area is 166 Å². The number of hydrogen-bond acceptors (Lipinski definition) is 3. The van der Waals surface area contributed by atoms with Gasteiger partial charge in [-0.25, -0.2) is 4.79 Å². The Morgan fingerprint density at radius 3 is 2.58 bits per heavy atom. The second-order valence-corrected chi connectivity index (χ2v) is 7.98. The molecule has 0 bridgehead atoms. The molecule has 2 atom stereocenters. The minimum Gasteiger partial charge on any atom is -0.349 e. The number of nitrogens with one attached hydrogen (secondary N) is 4. The van der Waals surface area contributed by atoms with E-state index in [0.29, 0.717) is 22.3 Å². The van der Waals surface area contributed by atoms with Crippen molar-refractivity contribution in [1.82, 2.24) is 16.0 Å². The van der Waals surface area contributed by atoms with Crippen LogP contribution in [0.25, 0.3) is 0 Å². The Bertz CT molecular complexity index is 647. The summed E-state index contributed by atoms with van der Waals surface area (Å²) in [5, 5.41) is 12.3. The average Bonchev–Trinajstić information content (AvgIpc) is 2.47. The number of rotatable bonds is 3. The first-order chi connectivity index (χ1) is 11.6. The molecule has 2 unspecified atom stereocenters. The highest BCUT2D eigenvalue weighted by molar-refractivity contribution is 6.34.